The summed E-state index contributed by atoms with van der Waals surface area (Å²) in [5.74, 6) is 2.42. The third-order valence-electron chi connectivity index (χ3n) is 2.85. The summed E-state index contributed by atoms with van der Waals surface area (Å²) in [6, 6.07) is 4.88. The van der Waals surface area contributed by atoms with Gasteiger partial charge in [-0.3, -0.25) is 10.1 Å². The molecular weight excluding hydrogens is 242 g/mol. The van der Waals surface area contributed by atoms with Gasteiger partial charge in [-0.05, 0) is 39.2 Å². The first-order chi connectivity index (χ1) is 8.95. The van der Waals surface area contributed by atoms with Crippen LogP contribution in [0.3, 0.4) is 0 Å². The minimum Gasteiger partial charge on any atom is -0.369 e. The molecule has 0 fully saturated rings. The molecule has 0 atom stereocenters. The van der Waals surface area contributed by atoms with Gasteiger partial charge in [0.25, 0.3) is 5.69 Å². The summed E-state index contributed by atoms with van der Waals surface area (Å²) in [7, 11) is 5.86. The highest BCUT2D eigenvalue weighted by molar-refractivity contribution is 5.65. The van der Waals surface area contributed by atoms with E-state index in [0.29, 0.717) is 11.3 Å². The zero-order valence-corrected chi connectivity index (χ0v) is 11.6. The third kappa shape index (κ3) is 4.27. The molecule has 0 saturated carbocycles. The number of terminal acetylenes is 1. The van der Waals surface area contributed by atoms with Crippen LogP contribution in [0.4, 0.5) is 11.4 Å². The first kappa shape index (κ1) is 15.0. The highest BCUT2D eigenvalue weighted by Crippen LogP contribution is 2.28. The molecule has 0 amide bonds. The van der Waals surface area contributed by atoms with Gasteiger partial charge >= 0.3 is 0 Å². The number of anilines is 1. The molecule has 0 aromatic heterocycles. The van der Waals surface area contributed by atoms with E-state index in [4.69, 9.17) is 6.42 Å². The summed E-state index contributed by atoms with van der Waals surface area (Å²) in [6.07, 6.45) is 6.21. The normalized spacial score (nSPS) is 10.3. The molecular formula is C14H19N3O2. The molecule has 0 radical (unpaired) electrons. The molecule has 0 saturated heterocycles. The maximum atomic E-state index is 11.1. The third-order valence-corrected chi connectivity index (χ3v) is 2.85. The lowest BCUT2D eigenvalue weighted by Gasteiger charge is -2.20. The van der Waals surface area contributed by atoms with Gasteiger partial charge in [-0.2, -0.15) is 0 Å². The van der Waals surface area contributed by atoms with E-state index >= 15 is 0 Å². The van der Waals surface area contributed by atoms with Crippen molar-refractivity contribution < 1.29 is 4.92 Å². The Morgan fingerprint density at radius 2 is 2.00 bits per heavy atom. The van der Waals surface area contributed by atoms with Crippen LogP contribution in [-0.2, 0) is 0 Å². The van der Waals surface area contributed by atoms with E-state index in [2.05, 4.69) is 10.8 Å². The van der Waals surface area contributed by atoms with Crippen molar-refractivity contribution in [3.05, 3.63) is 33.9 Å². The maximum absolute atomic E-state index is 11.1. The predicted octanol–water partition coefficient (Wildman–Crippen LogP) is 1.96. The summed E-state index contributed by atoms with van der Waals surface area (Å²) in [4.78, 5) is 14.7. The lowest BCUT2D eigenvalue weighted by Crippen LogP contribution is -2.23. The molecule has 0 aliphatic carbocycles. The molecule has 0 N–H and O–H groups in total. The van der Waals surface area contributed by atoms with Crippen LogP contribution in [0.2, 0.25) is 0 Å². The Hall–Kier alpha value is -2.06. The Bertz CT molecular complexity index is 492. The van der Waals surface area contributed by atoms with Gasteiger partial charge in [-0.25, -0.2) is 0 Å². The van der Waals surface area contributed by atoms with Gasteiger partial charge in [0.15, 0.2) is 0 Å². The number of rotatable bonds is 6. The number of hydrogen-bond donors (Lipinski definition) is 0. The van der Waals surface area contributed by atoms with Crippen molar-refractivity contribution in [3.63, 3.8) is 0 Å². The topological polar surface area (TPSA) is 49.6 Å². The van der Waals surface area contributed by atoms with Crippen LogP contribution < -0.4 is 4.90 Å². The molecule has 19 heavy (non-hydrogen) atoms. The summed E-state index contributed by atoms with van der Waals surface area (Å²) < 4.78 is 0. The Balaban J connectivity index is 2.87. The molecule has 102 valence electrons. The average Bonchev–Trinajstić information content (AvgIpc) is 2.37. The molecule has 0 aliphatic rings. The summed E-state index contributed by atoms with van der Waals surface area (Å²) in [6.45, 7) is 1.70. The Labute approximate surface area is 114 Å². The molecule has 0 unspecified atom stereocenters. The van der Waals surface area contributed by atoms with Crippen molar-refractivity contribution in [3.8, 4) is 12.3 Å². The van der Waals surface area contributed by atoms with E-state index in [1.165, 1.54) is 6.07 Å². The quantitative estimate of drug-likeness (QED) is 0.446. The number of benzene rings is 1. The minimum atomic E-state index is -0.390. The standard InChI is InChI=1S/C14H19N3O2/c1-5-12-7-8-13(14(11-12)17(18)19)16(4)10-6-9-15(2)3/h1,7-8,11H,6,9-10H2,2-4H3. The molecule has 1 aromatic rings. The van der Waals surface area contributed by atoms with Crippen molar-refractivity contribution in [2.45, 2.75) is 6.42 Å². The fourth-order valence-electron chi connectivity index (χ4n) is 1.83. The Morgan fingerprint density at radius 3 is 2.53 bits per heavy atom. The highest BCUT2D eigenvalue weighted by Gasteiger charge is 2.17. The second-order valence-corrected chi connectivity index (χ2v) is 4.68. The van der Waals surface area contributed by atoms with Crippen molar-refractivity contribution >= 4 is 11.4 Å². The highest BCUT2D eigenvalue weighted by atomic mass is 16.6. The number of nitro groups is 1. The second-order valence-electron chi connectivity index (χ2n) is 4.68. The molecule has 1 rings (SSSR count). The van der Waals surface area contributed by atoms with Crippen LogP contribution in [0.1, 0.15) is 12.0 Å². The van der Waals surface area contributed by atoms with Crippen LogP contribution in [0.25, 0.3) is 0 Å². The lowest BCUT2D eigenvalue weighted by molar-refractivity contribution is -0.384. The van der Waals surface area contributed by atoms with Gasteiger partial charge < -0.3 is 9.80 Å². The van der Waals surface area contributed by atoms with Crippen molar-refractivity contribution in [1.82, 2.24) is 4.90 Å². The Morgan fingerprint density at radius 1 is 1.32 bits per heavy atom. The fourth-order valence-corrected chi connectivity index (χ4v) is 1.83. The van der Waals surface area contributed by atoms with E-state index in [9.17, 15) is 10.1 Å². The Kier molecular flexibility index (Phi) is 5.34. The van der Waals surface area contributed by atoms with Crippen molar-refractivity contribution in [1.29, 1.82) is 0 Å². The van der Waals surface area contributed by atoms with Gasteiger partial charge in [0, 0.05) is 25.2 Å². The SMILES string of the molecule is C#Cc1ccc(N(C)CCCN(C)C)c([N+](=O)[O-])c1. The lowest BCUT2D eigenvalue weighted by atomic mass is 10.1. The summed E-state index contributed by atoms with van der Waals surface area (Å²) in [5, 5.41) is 11.1. The number of hydrogen-bond acceptors (Lipinski definition) is 4. The molecule has 0 bridgehead atoms. The molecule has 1 aromatic carbocycles. The van der Waals surface area contributed by atoms with Gasteiger partial charge in [0.2, 0.25) is 0 Å². The van der Waals surface area contributed by atoms with Gasteiger partial charge in [-0.15, -0.1) is 6.42 Å². The van der Waals surface area contributed by atoms with Crippen molar-refractivity contribution in [2.75, 3.05) is 39.1 Å². The molecule has 5 nitrogen and oxygen atoms in total. The summed E-state index contributed by atoms with van der Waals surface area (Å²) >= 11 is 0. The van der Waals surface area contributed by atoms with Crippen LogP contribution in [-0.4, -0.2) is 44.1 Å². The van der Waals surface area contributed by atoms with E-state index in [1.807, 2.05) is 26.0 Å². The number of nitrogens with zero attached hydrogens (tertiary/aromatic N) is 3. The zero-order chi connectivity index (χ0) is 14.4. The summed E-state index contributed by atoms with van der Waals surface area (Å²) in [5.41, 5.74) is 1.18. The van der Waals surface area contributed by atoms with E-state index < -0.39 is 4.92 Å². The van der Waals surface area contributed by atoms with Crippen molar-refractivity contribution in [2.24, 2.45) is 0 Å². The van der Waals surface area contributed by atoms with Crippen LogP contribution in [0.5, 0.6) is 0 Å². The first-order valence-corrected chi connectivity index (χ1v) is 6.06. The van der Waals surface area contributed by atoms with Crippen LogP contribution in [0.15, 0.2) is 18.2 Å². The van der Waals surface area contributed by atoms with Gasteiger partial charge in [0.1, 0.15) is 5.69 Å². The second kappa shape index (κ2) is 6.76. The monoisotopic (exact) mass is 261 g/mol. The van der Waals surface area contributed by atoms with E-state index in [-0.39, 0.29) is 5.69 Å². The predicted molar refractivity (Wildman–Crippen MR) is 77.5 cm³/mol. The van der Waals surface area contributed by atoms with Gasteiger partial charge in [-0.1, -0.05) is 5.92 Å². The number of nitro benzene ring substituents is 1. The smallest absolute Gasteiger partial charge is 0.293 e. The van der Waals surface area contributed by atoms with E-state index in [1.54, 1.807) is 12.1 Å². The maximum Gasteiger partial charge on any atom is 0.293 e. The van der Waals surface area contributed by atoms with E-state index in [0.717, 1.165) is 19.5 Å². The molecule has 0 heterocycles. The minimum absolute atomic E-state index is 0.0582. The van der Waals surface area contributed by atoms with Crippen LogP contribution >= 0.6 is 0 Å². The molecule has 0 aliphatic heterocycles. The fraction of sp³-hybridized carbons (Fsp3) is 0.429. The molecule has 0 spiro atoms. The van der Waals surface area contributed by atoms with Gasteiger partial charge in [0.05, 0.1) is 4.92 Å². The largest absolute Gasteiger partial charge is 0.369 e. The first-order valence-electron chi connectivity index (χ1n) is 6.06. The van der Waals surface area contributed by atoms with Crippen LogP contribution in [0, 0.1) is 22.5 Å². The zero-order valence-electron chi connectivity index (χ0n) is 11.6. The average molecular weight is 261 g/mol. The molecule has 5 heteroatoms.